The van der Waals surface area contributed by atoms with Gasteiger partial charge < -0.3 is 10.6 Å². The zero-order valence-electron chi connectivity index (χ0n) is 23.6. The fourth-order valence-corrected chi connectivity index (χ4v) is 6.15. The number of amides is 1. The summed E-state index contributed by atoms with van der Waals surface area (Å²) in [5.41, 5.74) is 4.07. The van der Waals surface area contributed by atoms with Gasteiger partial charge in [0.15, 0.2) is 0 Å². The number of hydrogen-bond acceptors (Lipinski definition) is 7. The smallest absolute Gasteiger partial charge is 0.261 e. The van der Waals surface area contributed by atoms with Crippen LogP contribution in [0.4, 0.5) is 26.1 Å². The van der Waals surface area contributed by atoms with Crippen LogP contribution in [-0.4, -0.2) is 38.8 Å². The van der Waals surface area contributed by atoms with Crippen LogP contribution in [0.25, 0.3) is 21.8 Å². The van der Waals surface area contributed by atoms with Crippen molar-refractivity contribution < 1.29 is 13.6 Å². The average molecular weight is 597 g/mol. The van der Waals surface area contributed by atoms with Crippen LogP contribution in [0.3, 0.4) is 0 Å². The summed E-state index contributed by atoms with van der Waals surface area (Å²) < 4.78 is 28.3. The van der Waals surface area contributed by atoms with E-state index >= 15 is 0 Å². The molecule has 0 aliphatic carbocycles. The quantitative estimate of drug-likeness (QED) is 0.181. The van der Waals surface area contributed by atoms with Crippen LogP contribution in [0.5, 0.6) is 0 Å². The number of hydrogen-bond donors (Lipinski definition) is 2. The summed E-state index contributed by atoms with van der Waals surface area (Å²) in [6.07, 6.45) is 4.96. The minimum absolute atomic E-state index is 0.390. The Morgan fingerprint density at radius 3 is 2.47 bits per heavy atom. The number of halogens is 2. The Kier molecular flexibility index (Phi) is 8.48. The van der Waals surface area contributed by atoms with E-state index in [1.165, 1.54) is 24.5 Å². The molecule has 7 nitrogen and oxygen atoms in total. The molecule has 5 aromatic rings. The Hall–Kier alpha value is -4.54. The van der Waals surface area contributed by atoms with E-state index in [4.69, 9.17) is 9.97 Å². The summed E-state index contributed by atoms with van der Waals surface area (Å²) in [4.78, 5) is 30.2. The lowest BCUT2D eigenvalue weighted by molar-refractivity contribution is 0.101. The van der Waals surface area contributed by atoms with Crippen LogP contribution in [0.15, 0.2) is 79.0 Å². The zero-order chi connectivity index (χ0) is 29.8. The van der Waals surface area contributed by atoms with Gasteiger partial charge in [-0.2, -0.15) is 0 Å². The number of nitrogens with zero attached hydrogens (tertiary/aromatic N) is 4. The molecule has 0 saturated carbocycles. The number of thiazole rings is 1. The monoisotopic (exact) mass is 596 g/mol. The molecule has 2 N–H and O–H groups in total. The van der Waals surface area contributed by atoms with Gasteiger partial charge in [0.25, 0.3) is 5.91 Å². The van der Waals surface area contributed by atoms with E-state index in [-0.39, 0.29) is 0 Å². The topological polar surface area (TPSA) is 83.0 Å². The van der Waals surface area contributed by atoms with E-state index in [1.807, 2.05) is 31.2 Å². The lowest BCUT2D eigenvalue weighted by atomic mass is 10.1. The highest BCUT2D eigenvalue weighted by Gasteiger charge is 2.20. The van der Waals surface area contributed by atoms with Gasteiger partial charge in [-0.05, 0) is 80.4 Å². The number of nitrogens with one attached hydrogen (secondary N) is 2. The van der Waals surface area contributed by atoms with Gasteiger partial charge in [0.05, 0.1) is 21.3 Å². The SMILES string of the molecule is CCc1nc(-c2cccc(NC(=O)c3c(F)cccc3F)c2)c(-c2ccnc(Nc3cccc(CN4CCCC4)c3)n2)s1. The van der Waals surface area contributed by atoms with Gasteiger partial charge in [0.2, 0.25) is 5.95 Å². The lowest BCUT2D eigenvalue weighted by Crippen LogP contribution is -2.18. The van der Waals surface area contributed by atoms with Crippen molar-refractivity contribution in [3.05, 3.63) is 107 Å². The number of benzene rings is 3. The fraction of sp³-hybridized carbons (Fsp3) is 0.212. The molecule has 10 heteroatoms. The second-order valence-corrected chi connectivity index (χ2v) is 11.4. The predicted octanol–water partition coefficient (Wildman–Crippen LogP) is 7.70. The number of aromatic nitrogens is 3. The molecule has 0 spiro atoms. The number of carbonyl (C=O) groups is 1. The molecule has 0 bridgehead atoms. The Bertz CT molecular complexity index is 1750. The highest BCUT2D eigenvalue weighted by atomic mass is 32.1. The first-order chi connectivity index (χ1) is 21.0. The summed E-state index contributed by atoms with van der Waals surface area (Å²) in [6.45, 7) is 5.24. The molecule has 2 aromatic heterocycles. The third-order valence-corrected chi connectivity index (χ3v) is 8.46. The maximum atomic E-state index is 14.2. The van der Waals surface area contributed by atoms with Crippen LogP contribution in [0.2, 0.25) is 0 Å². The van der Waals surface area contributed by atoms with Crippen LogP contribution in [0.1, 0.15) is 40.7 Å². The van der Waals surface area contributed by atoms with Crippen molar-refractivity contribution in [1.29, 1.82) is 0 Å². The molecule has 0 atom stereocenters. The molecule has 0 radical (unpaired) electrons. The van der Waals surface area contributed by atoms with Gasteiger partial charge in [0, 0.05) is 29.7 Å². The number of anilines is 3. The molecular formula is C33H30F2N6OS. The molecule has 6 rings (SSSR count). The molecule has 218 valence electrons. The van der Waals surface area contributed by atoms with Crippen molar-refractivity contribution in [1.82, 2.24) is 19.9 Å². The Balaban J connectivity index is 1.26. The molecule has 3 heterocycles. The van der Waals surface area contributed by atoms with E-state index < -0.39 is 23.1 Å². The van der Waals surface area contributed by atoms with Gasteiger partial charge in [-0.25, -0.2) is 23.7 Å². The predicted molar refractivity (Wildman–Crippen MR) is 167 cm³/mol. The van der Waals surface area contributed by atoms with E-state index in [0.29, 0.717) is 23.0 Å². The first-order valence-corrected chi connectivity index (χ1v) is 15.1. The Morgan fingerprint density at radius 1 is 0.930 bits per heavy atom. The Labute approximate surface area is 252 Å². The van der Waals surface area contributed by atoms with Crippen molar-refractivity contribution in [2.24, 2.45) is 0 Å². The summed E-state index contributed by atoms with van der Waals surface area (Å²) in [5, 5.41) is 6.89. The van der Waals surface area contributed by atoms with E-state index in [9.17, 15) is 13.6 Å². The van der Waals surface area contributed by atoms with Crippen molar-refractivity contribution in [3.8, 4) is 21.8 Å². The number of carbonyl (C=O) groups excluding carboxylic acids is 1. The van der Waals surface area contributed by atoms with Crippen molar-refractivity contribution in [2.75, 3.05) is 23.7 Å². The van der Waals surface area contributed by atoms with Crippen molar-refractivity contribution in [3.63, 3.8) is 0 Å². The normalized spacial score (nSPS) is 13.3. The van der Waals surface area contributed by atoms with Crippen LogP contribution in [0, 0.1) is 11.6 Å². The average Bonchev–Trinajstić information content (AvgIpc) is 3.68. The summed E-state index contributed by atoms with van der Waals surface area (Å²) in [7, 11) is 0. The molecule has 0 unspecified atom stereocenters. The molecule has 1 amide bonds. The molecule has 3 aromatic carbocycles. The summed E-state index contributed by atoms with van der Waals surface area (Å²) in [5.74, 6) is -2.23. The number of rotatable bonds is 9. The molecule has 1 fully saturated rings. The minimum Gasteiger partial charge on any atom is -0.324 e. The second-order valence-electron chi connectivity index (χ2n) is 10.3. The highest BCUT2D eigenvalue weighted by Crippen LogP contribution is 2.37. The van der Waals surface area contributed by atoms with Gasteiger partial charge in [-0.15, -0.1) is 11.3 Å². The first-order valence-electron chi connectivity index (χ1n) is 14.2. The third-order valence-electron chi connectivity index (χ3n) is 7.23. The van der Waals surface area contributed by atoms with Gasteiger partial charge >= 0.3 is 0 Å². The maximum absolute atomic E-state index is 14.2. The standard InChI is InChI=1S/C33H30F2N6OS/c1-2-28-40-30(22-9-6-11-24(19-22)37-32(42)29-25(34)12-7-13-26(29)35)31(43-28)27-14-15-36-33(39-27)38-23-10-5-8-21(18-23)20-41-16-3-4-17-41/h5-15,18-19H,2-4,16-17,20H2,1H3,(H,37,42)(H,36,38,39). The minimum atomic E-state index is -0.922. The molecular weight excluding hydrogens is 566 g/mol. The number of aryl methyl sites for hydroxylation is 1. The van der Waals surface area contributed by atoms with Gasteiger partial charge in [0.1, 0.15) is 17.2 Å². The molecule has 1 aliphatic rings. The Morgan fingerprint density at radius 2 is 1.67 bits per heavy atom. The summed E-state index contributed by atoms with van der Waals surface area (Å²) in [6, 6.07) is 20.5. The van der Waals surface area contributed by atoms with Crippen LogP contribution in [-0.2, 0) is 13.0 Å². The van der Waals surface area contributed by atoms with Crippen LogP contribution < -0.4 is 10.6 Å². The van der Waals surface area contributed by atoms with Crippen molar-refractivity contribution >= 4 is 34.6 Å². The summed E-state index contributed by atoms with van der Waals surface area (Å²) >= 11 is 1.54. The van der Waals surface area contributed by atoms with Crippen molar-refractivity contribution in [2.45, 2.75) is 32.7 Å². The maximum Gasteiger partial charge on any atom is 0.261 e. The molecule has 43 heavy (non-hydrogen) atoms. The third kappa shape index (κ3) is 6.60. The molecule has 1 aliphatic heterocycles. The zero-order valence-corrected chi connectivity index (χ0v) is 24.4. The molecule has 1 saturated heterocycles. The second kappa shape index (κ2) is 12.8. The fourth-order valence-electron chi connectivity index (χ4n) is 5.16. The van der Waals surface area contributed by atoms with E-state index in [2.05, 4.69) is 32.7 Å². The van der Waals surface area contributed by atoms with E-state index in [1.54, 1.807) is 35.7 Å². The van der Waals surface area contributed by atoms with Gasteiger partial charge in [-0.3, -0.25) is 9.69 Å². The number of likely N-dealkylation sites (tertiary alicyclic amines) is 1. The van der Waals surface area contributed by atoms with E-state index in [0.717, 1.165) is 59.3 Å². The first kappa shape index (κ1) is 28.6. The highest BCUT2D eigenvalue weighted by molar-refractivity contribution is 7.15. The van der Waals surface area contributed by atoms with Crippen LogP contribution >= 0.6 is 11.3 Å². The largest absolute Gasteiger partial charge is 0.324 e. The lowest BCUT2D eigenvalue weighted by Gasteiger charge is -2.15. The van der Waals surface area contributed by atoms with Gasteiger partial charge in [-0.1, -0.05) is 37.3 Å².